The van der Waals surface area contributed by atoms with E-state index in [0.717, 1.165) is 0 Å². The number of H-pyrrole nitrogens is 1. The minimum absolute atomic E-state index is 0.0208. The Labute approximate surface area is 138 Å². The SMILES string of the molecule is CC(C)(CCO)CNC(=O)c1cn[nH]c1-c1ccc(F)c(Cl)c1. The summed E-state index contributed by atoms with van der Waals surface area (Å²) in [4.78, 5) is 12.4. The van der Waals surface area contributed by atoms with E-state index in [1.165, 1.54) is 24.4 Å². The molecule has 0 aliphatic rings. The van der Waals surface area contributed by atoms with Crippen LogP contribution in [-0.4, -0.2) is 34.4 Å². The van der Waals surface area contributed by atoms with Gasteiger partial charge in [-0.1, -0.05) is 25.4 Å². The van der Waals surface area contributed by atoms with Gasteiger partial charge in [0.1, 0.15) is 5.82 Å². The zero-order valence-corrected chi connectivity index (χ0v) is 13.7. The number of hydrogen-bond acceptors (Lipinski definition) is 3. The van der Waals surface area contributed by atoms with Crippen LogP contribution < -0.4 is 5.32 Å². The molecule has 0 aliphatic carbocycles. The van der Waals surface area contributed by atoms with Crippen molar-refractivity contribution in [1.82, 2.24) is 15.5 Å². The molecular weight excluding hydrogens is 321 g/mol. The minimum Gasteiger partial charge on any atom is -0.396 e. The van der Waals surface area contributed by atoms with Gasteiger partial charge in [0, 0.05) is 18.7 Å². The highest BCUT2D eigenvalue weighted by molar-refractivity contribution is 6.31. The Balaban J connectivity index is 2.17. The van der Waals surface area contributed by atoms with E-state index < -0.39 is 5.82 Å². The van der Waals surface area contributed by atoms with Gasteiger partial charge in [0.15, 0.2) is 0 Å². The molecule has 5 nitrogen and oxygen atoms in total. The Morgan fingerprint density at radius 1 is 1.48 bits per heavy atom. The van der Waals surface area contributed by atoms with Crippen LogP contribution in [0.25, 0.3) is 11.3 Å². The standard InChI is InChI=1S/C16H19ClFN3O2/c1-16(2,5-6-22)9-19-15(23)11-8-20-21-14(11)10-3-4-13(18)12(17)7-10/h3-4,7-8,22H,5-6,9H2,1-2H3,(H,19,23)(H,20,21). The van der Waals surface area contributed by atoms with Gasteiger partial charge in [-0.2, -0.15) is 5.10 Å². The van der Waals surface area contributed by atoms with Crippen LogP contribution in [0, 0.1) is 11.2 Å². The topological polar surface area (TPSA) is 78.0 Å². The molecule has 0 radical (unpaired) electrons. The van der Waals surface area contributed by atoms with Crippen LogP contribution in [-0.2, 0) is 0 Å². The number of aliphatic hydroxyl groups is 1. The van der Waals surface area contributed by atoms with Gasteiger partial charge in [0.25, 0.3) is 5.91 Å². The number of rotatable bonds is 6. The molecule has 124 valence electrons. The molecule has 2 aromatic rings. The number of hydrogen-bond donors (Lipinski definition) is 3. The van der Waals surface area contributed by atoms with Crippen LogP contribution in [0.5, 0.6) is 0 Å². The maximum Gasteiger partial charge on any atom is 0.255 e. The van der Waals surface area contributed by atoms with Crippen molar-refractivity contribution >= 4 is 17.5 Å². The van der Waals surface area contributed by atoms with E-state index in [1.807, 2.05) is 13.8 Å². The number of benzene rings is 1. The normalized spacial score (nSPS) is 11.5. The average molecular weight is 340 g/mol. The van der Waals surface area contributed by atoms with Crippen molar-refractivity contribution in [2.45, 2.75) is 20.3 Å². The van der Waals surface area contributed by atoms with Gasteiger partial charge in [-0.05, 0) is 30.0 Å². The molecule has 2 rings (SSSR count). The van der Waals surface area contributed by atoms with Gasteiger partial charge < -0.3 is 10.4 Å². The van der Waals surface area contributed by atoms with Crippen molar-refractivity contribution < 1.29 is 14.3 Å². The third kappa shape index (κ3) is 4.30. The fourth-order valence-corrected chi connectivity index (χ4v) is 2.32. The number of nitrogens with zero attached hydrogens (tertiary/aromatic N) is 1. The highest BCUT2D eigenvalue weighted by Crippen LogP contribution is 2.26. The summed E-state index contributed by atoms with van der Waals surface area (Å²) >= 11 is 5.78. The van der Waals surface area contributed by atoms with Gasteiger partial charge >= 0.3 is 0 Å². The van der Waals surface area contributed by atoms with Crippen LogP contribution in [0.1, 0.15) is 30.6 Å². The molecular formula is C16H19ClFN3O2. The molecule has 0 atom stereocenters. The Hall–Kier alpha value is -1.92. The molecule has 1 aromatic heterocycles. The first kappa shape index (κ1) is 17.4. The molecule has 0 saturated carbocycles. The van der Waals surface area contributed by atoms with E-state index in [2.05, 4.69) is 15.5 Å². The quantitative estimate of drug-likeness (QED) is 0.757. The second-order valence-corrected chi connectivity index (χ2v) is 6.52. The fraction of sp³-hybridized carbons (Fsp3) is 0.375. The summed E-state index contributed by atoms with van der Waals surface area (Å²) in [5.41, 5.74) is 1.19. The van der Waals surface area contributed by atoms with Gasteiger partial charge in [0.2, 0.25) is 0 Å². The van der Waals surface area contributed by atoms with E-state index in [9.17, 15) is 9.18 Å². The molecule has 0 saturated heterocycles. The molecule has 1 heterocycles. The van der Waals surface area contributed by atoms with Crippen LogP contribution in [0.15, 0.2) is 24.4 Å². The number of nitrogens with one attached hydrogen (secondary N) is 2. The van der Waals surface area contributed by atoms with Crippen molar-refractivity contribution in [2.75, 3.05) is 13.2 Å². The van der Waals surface area contributed by atoms with Gasteiger partial charge in [-0.15, -0.1) is 0 Å². The Bertz CT molecular complexity index is 700. The monoisotopic (exact) mass is 339 g/mol. The summed E-state index contributed by atoms with van der Waals surface area (Å²) in [6, 6.07) is 4.21. The number of amides is 1. The van der Waals surface area contributed by atoms with Crippen LogP contribution in [0.3, 0.4) is 0 Å². The molecule has 0 unspecified atom stereocenters. The predicted molar refractivity (Wildman–Crippen MR) is 86.8 cm³/mol. The molecule has 0 aliphatic heterocycles. The zero-order chi connectivity index (χ0) is 17.0. The number of halogens is 2. The van der Waals surface area contributed by atoms with Gasteiger partial charge in [0.05, 0.1) is 22.5 Å². The summed E-state index contributed by atoms with van der Waals surface area (Å²) in [6.45, 7) is 4.40. The number of aromatic nitrogens is 2. The predicted octanol–water partition coefficient (Wildman–Crippen LogP) is 3.01. The van der Waals surface area contributed by atoms with Crippen LogP contribution in [0.2, 0.25) is 5.02 Å². The molecule has 23 heavy (non-hydrogen) atoms. The molecule has 0 bridgehead atoms. The molecule has 3 N–H and O–H groups in total. The fourth-order valence-electron chi connectivity index (χ4n) is 2.14. The molecule has 7 heteroatoms. The number of aliphatic hydroxyl groups excluding tert-OH is 1. The Kier molecular flexibility index (Phi) is 5.38. The summed E-state index contributed by atoms with van der Waals surface area (Å²) in [5, 5.41) is 18.5. The highest BCUT2D eigenvalue weighted by Gasteiger charge is 2.21. The maximum absolute atomic E-state index is 13.3. The largest absolute Gasteiger partial charge is 0.396 e. The second-order valence-electron chi connectivity index (χ2n) is 6.11. The van der Waals surface area contributed by atoms with E-state index in [1.54, 1.807) is 0 Å². The first-order chi connectivity index (χ1) is 10.8. The molecule has 0 fully saturated rings. The van der Waals surface area contributed by atoms with Crippen molar-refractivity contribution in [1.29, 1.82) is 0 Å². The third-order valence-corrected chi connectivity index (χ3v) is 3.90. The lowest BCUT2D eigenvalue weighted by Gasteiger charge is -2.23. The number of carbonyl (C=O) groups excluding carboxylic acids is 1. The highest BCUT2D eigenvalue weighted by atomic mass is 35.5. The summed E-state index contributed by atoms with van der Waals surface area (Å²) < 4.78 is 13.3. The Morgan fingerprint density at radius 3 is 2.87 bits per heavy atom. The van der Waals surface area contributed by atoms with Gasteiger partial charge in [-0.25, -0.2) is 4.39 Å². The minimum atomic E-state index is -0.522. The lowest BCUT2D eigenvalue weighted by atomic mass is 9.89. The van der Waals surface area contributed by atoms with E-state index in [0.29, 0.717) is 29.8 Å². The maximum atomic E-state index is 13.3. The second kappa shape index (κ2) is 7.10. The van der Waals surface area contributed by atoms with Crippen molar-refractivity contribution in [3.8, 4) is 11.3 Å². The number of aromatic amines is 1. The average Bonchev–Trinajstić information content (AvgIpc) is 2.97. The Morgan fingerprint density at radius 2 is 2.22 bits per heavy atom. The molecule has 1 amide bonds. The summed E-state index contributed by atoms with van der Waals surface area (Å²) in [7, 11) is 0. The first-order valence-electron chi connectivity index (χ1n) is 7.22. The lowest BCUT2D eigenvalue weighted by molar-refractivity contribution is 0.0929. The van der Waals surface area contributed by atoms with Crippen LogP contribution >= 0.6 is 11.6 Å². The van der Waals surface area contributed by atoms with Gasteiger partial charge in [-0.3, -0.25) is 9.89 Å². The van der Waals surface area contributed by atoms with Crippen molar-refractivity contribution in [3.63, 3.8) is 0 Å². The summed E-state index contributed by atoms with van der Waals surface area (Å²) in [5.74, 6) is -0.813. The smallest absolute Gasteiger partial charge is 0.255 e. The van der Waals surface area contributed by atoms with Crippen molar-refractivity contribution in [3.05, 3.63) is 40.8 Å². The van der Waals surface area contributed by atoms with E-state index in [4.69, 9.17) is 16.7 Å². The first-order valence-corrected chi connectivity index (χ1v) is 7.60. The third-order valence-electron chi connectivity index (χ3n) is 3.61. The summed E-state index contributed by atoms with van der Waals surface area (Å²) in [6.07, 6.45) is 2.00. The molecule has 0 spiro atoms. The van der Waals surface area contributed by atoms with E-state index in [-0.39, 0.29) is 23.0 Å². The molecule has 1 aromatic carbocycles. The van der Waals surface area contributed by atoms with Crippen LogP contribution in [0.4, 0.5) is 4.39 Å². The van der Waals surface area contributed by atoms with E-state index >= 15 is 0 Å². The van der Waals surface area contributed by atoms with Crippen molar-refractivity contribution in [2.24, 2.45) is 5.41 Å². The zero-order valence-electron chi connectivity index (χ0n) is 13.0. The lowest BCUT2D eigenvalue weighted by Crippen LogP contribution is -2.34. The number of carbonyl (C=O) groups is 1.